The first-order chi connectivity index (χ1) is 11.2. The van der Waals surface area contributed by atoms with E-state index in [0.717, 1.165) is 32.3 Å². The predicted octanol–water partition coefficient (Wildman–Crippen LogP) is 5.44. The maximum absolute atomic E-state index is 13.2. The van der Waals surface area contributed by atoms with Gasteiger partial charge in [-0.15, -0.1) is 0 Å². The molecule has 0 radical (unpaired) electrons. The van der Waals surface area contributed by atoms with E-state index < -0.39 is 0 Å². The van der Waals surface area contributed by atoms with Crippen LogP contribution in [-0.2, 0) is 0 Å². The molecule has 23 heavy (non-hydrogen) atoms. The van der Waals surface area contributed by atoms with Gasteiger partial charge in [0.1, 0.15) is 0 Å². The maximum Gasteiger partial charge on any atom is 0.264 e. The van der Waals surface area contributed by atoms with E-state index in [2.05, 4.69) is 25.1 Å². The summed E-state index contributed by atoms with van der Waals surface area (Å²) in [6, 6.07) is 23.9. The van der Waals surface area contributed by atoms with Gasteiger partial charge < -0.3 is 0 Å². The summed E-state index contributed by atoms with van der Waals surface area (Å²) in [7, 11) is 0. The van der Waals surface area contributed by atoms with Crippen LogP contribution in [-0.4, -0.2) is 5.91 Å². The third-order valence-corrected chi connectivity index (χ3v) is 5.05. The standard InChI is InChI=1S/C20H15NOS/c1-14-11-12-19-17(13-14)21(15-7-3-2-4-8-15)20(22)16-9-5-6-10-18(16)23-19/h2-13H,1H3. The van der Waals surface area contributed by atoms with Gasteiger partial charge in [-0.2, -0.15) is 0 Å². The third-order valence-electron chi connectivity index (χ3n) is 3.91. The number of carbonyl (C=O) groups excluding carboxylic acids is 1. The summed E-state index contributed by atoms with van der Waals surface area (Å²) in [6.45, 7) is 2.05. The molecular formula is C20H15NOS. The number of amides is 1. The van der Waals surface area contributed by atoms with Crippen molar-refractivity contribution in [1.29, 1.82) is 0 Å². The number of anilines is 2. The van der Waals surface area contributed by atoms with Gasteiger partial charge in [-0.05, 0) is 48.9 Å². The Morgan fingerprint density at radius 3 is 2.39 bits per heavy atom. The largest absolute Gasteiger partial charge is 0.276 e. The van der Waals surface area contributed by atoms with Crippen molar-refractivity contribution in [1.82, 2.24) is 0 Å². The van der Waals surface area contributed by atoms with Gasteiger partial charge in [0.2, 0.25) is 0 Å². The fourth-order valence-corrected chi connectivity index (χ4v) is 3.84. The number of fused-ring (bicyclic) bond motifs is 2. The second-order valence-corrected chi connectivity index (χ2v) is 6.63. The van der Waals surface area contributed by atoms with E-state index in [0.29, 0.717) is 0 Å². The topological polar surface area (TPSA) is 20.3 Å². The maximum atomic E-state index is 13.2. The van der Waals surface area contributed by atoms with E-state index in [1.54, 1.807) is 11.8 Å². The molecule has 1 aliphatic heterocycles. The number of nitrogens with zero attached hydrogens (tertiary/aromatic N) is 1. The summed E-state index contributed by atoms with van der Waals surface area (Å²) in [6.07, 6.45) is 0. The van der Waals surface area contributed by atoms with E-state index in [1.165, 1.54) is 0 Å². The van der Waals surface area contributed by atoms with Crippen molar-refractivity contribution in [2.75, 3.05) is 4.90 Å². The van der Waals surface area contributed by atoms with Gasteiger partial charge in [-0.25, -0.2) is 0 Å². The molecule has 0 bridgehead atoms. The van der Waals surface area contributed by atoms with Gasteiger partial charge in [-0.1, -0.05) is 48.2 Å². The number of para-hydroxylation sites is 1. The molecule has 0 fully saturated rings. The first-order valence-electron chi connectivity index (χ1n) is 7.51. The highest BCUT2D eigenvalue weighted by Gasteiger charge is 2.28. The van der Waals surface area contributed by atoms with Crippen molar-refractivity contribution in [3.05, 3.63) is 83.9 Å². The molecule has 3 aromatic carbocycles. The number of aryl methyl sites for hydroxylation is 1. The monoisotopic (exact) mass is 317 g/mol. The fourth-order valence-electron chi connectivity index (χ4n) is 2.80. The molecule has 1 heterocycles. The molecule has 0 unspecified atom stereocenters. The average Bonchev–Trinajstić information content (AvgIpc) is 2.70. The number of carbonyl (C=O) groups is 1. The molecule has 3 aromatic rings. The second kappa shape index (κ2) is 5.60. The molecule has 0 saturated heterocycles. The smallest absolute Gasteiger partial charge is 0.264 e. The van der Waals surface area contributed by atoms with Gasteiger partial charge in [-0.3, -0.25) is 9.69 Å². The highest BCUT2D eigenvalue weighted by atomic mass is 32.2. The molecule has 1 amide bonds. The molecule has 3 heteroatoms. The lowest BCUT2D eigenvalue weighted by Gasteiger charge is -2.23. The molecule has 4 rings (SSSR count). The Morgan fingerprint density at radius 1 is 0.826 bits per heavy atom. The Kier molecular flexibility index (Phi) is 3.43. The van der Waals surface area contributed by atoms with Crippen LogP contribution < -0.4 is 4.90 Å². The number of hydrogen-bond acceptors (Lipinski definition) is 2. The predicted molar refractivity (Wildman–Crippen MR) is 94.7 cm³/mol. The lowest BCUT2D eigenvalue weighted by molar-refractivity contribution is 0.0996. The Bertz CT molecular complexity index is 889. The van der Waals surface area contributed by atoms with Crippen LogP contribution in [0.1, 0.15) is 15.9 Å². The summed E-state index contributed by atoms with van der Waals surface area (Å²) in [4.78, 5) is 17.1. The molecule has 2 nitrogen and oxygen atoms in total. The van der Waals surface area contributed by atoms with Crippen LogP contribution in [0.5, 0.6) is 0 Å². The third kappa shape index (κ3) is 2.43. The number of rotatable bonds is 1. The van der Waals surface area contributed by atoms with E-state index >= 15 is 0 Å². The van der Waals surface area contributed by atoms with Gasteiger partial charge in [0.05, 0.1) is 11.3 Å². The van der Waals surface area contributed by atoms with E-state index in [1.807, 2.05) is 59.5 Å². The van der Waals surface area contributed by atoms with Crippen molar-refractivity contribution in [2.24, 2.45) is 0 Å². The van der Waals surface area contributed by atoms with Crippen LogP contribution in [0.4, 0.5) is 11.4 Å². The summed E-state index contributed by atoms with van der Waals surface area (Å²) in [5.41, 5.74) is 3.73. The minimum Gasteiger partial charge on any atom is -0.276 e. The van der Waals surface area contributed by atoms with E-state index in [4.69, 9.17) is 0 Å². The number of benzene rings is 3. The van der Waals surface area contributed by atoms with Crippen molar-refractivity contribution >= 4 is 29.0 Å². The van der Waals surface area contributed by atoms with E-state index in [-0.39, 0.29) is 5.91 Å². The Balaban J connectivity index is 2.00. The second-order valence-electron chi connectivity index (χ2n) is 5.55. The van der Waals surface area contributed by atoms with Gasteiger partial charge in [0.25, 0.3) is 5.91 Å². The SMILES string of the molecule is Cc1ccc2c(c1)N(c1ccccc1)C(=O)c1ccccc1S2. The molecule has 0 aromatic heterocycles. The molecule has 112 valence electrons. The normalized spacial score (nSPS) is 13.3. The van der Waals surface area contributed by atoms with Crippen LogP contribution in [0.2, 0.25) is 0 Å². The first kappa shape index (κ1) is 14.1. The zero-order chi connectivity index (χ0) is 15.8. The molecule has 0 N–H and O–H groups in total. The Morgan fingerprint density at radius 2 is 1.57 bits per heavy atom. The molecular weight excluding hydrogens is 302 g/mol. The fraction of sp³-hybridized carbons (Fsp3) is 0.0500. The van der Waals surface area contributed by atoms with Crippen molar-refractivity contribution < 1.29 is 4.79 Å². The van der Waals surface area contributed by atoms with Crippen LogP contribution in [0.25, 0.3) is 0 Å². The zero-order valence-electron chi connectivity index (χ0n) is 12.7. The first-order valence-corrected chi connectivity index (χ1v) is 8.33. The molecule has 0 saturated carbocycles. The van der Waals surface area contributed by atoms with Crippen molar-refractivity contribution in [3.63, 3.8) is 0 Å². The summed E-state index contributed by atoms with van der Waals surface area (Å²) in [5, 5.41) is 0. The molecule has 0 atom stereocenters. The minimum absolute atomic E-state index is 0.0173. The molecule has 0 aliphatic carbocycles. The van der Waals surface area contributed by atoms with Gasteiger partial charge in [0, 0.05) is 15.5 Å². The average molecular weight is 317 g/mol. The molecule has 1 aliphatic rings. The Labute approximate surface area is 139 Å². The molecule has 0 spiro atoms. The lowest BCUT2D eigenvalue weighted by atomic mass is 10.1. The van der Waals surface area contributed by atoms with Crippen LogP contribution in [0, 0.1) is 6.92 Å². The highest BCUT2D eigenvalue weighted by Crippen LogP contribution is 2.44. The summed E-state index contributed by atoms with van der Waals surface area (Å²) < 4.78 is 0. The quantitative estimate of drug-likeness (QED) is 0.596. The highest BCUT2D eigenvalue weighted by molar-refractivity contribution is 7.99. The van der Waals surface area contributed by atoms with Crippen molar-refractivity contribution in [3.8, 4) is 0 Å². The van der Waals surface area contributed by atoms with Crippen LogP contribution in [0.15, 0.2) is 82.6 Å². The van der Waals surface area contributed by atoms with Gasteiger partial charge in [0.15, 0.2) is 0 Å². The minimum atomic E-state index is 0.0173. The van der Waals surface area contributed by atoms with Gasteiger partial charge >= 0.3 is 0 Å². The van der Waals surface area contributed by atoms with Crippen LogP contribution in [0.3, 0.4) is 0 Å². The lowest BCUT2D eigenvalue weighted by Crippen LogP contribution is -2.25. The van der Waals surface area contributed by atoms with Crippen molar-refractivity contribution in [2.45, 2.75) is 16.7 Å². The van der Waals surface area contributed by atoms with E-state index in [9.17, 15) is 4.79 Å². The zero-order valence-corrected chi connectivity index (χ0v) is 13.5. The summed E-state index contributed by atoms with van der Waals surface area (Å²) >= 11 is 1.65. The summed E-state index contributed by atoms with van der Waals surface area (Å²) in [5.74, 6) is 0.0173. The van der Waals surface area contributed by atoms with Crippen LogP contribution >= 0.6 is 11.8 Å². The Hall–Kier alpha value is -2.52. The number of hydrogen-bond donors (Lipinski definition) is 0.